The van der Waals surface area contributed by atoms with Gasteiger partial charge in [0.25, 0.3) is 0 Å². The molecule has 0 fully saturated rings. The van der Waals surface area contributed by atoms with Gasteiger partial charge >= 0.3 is 0 Å². The second kappa shape index (κ2) is 7.27. The van der Waals surface area contributed by atoms with Crippen molar-refractivity contribution in [1.29, 1.82) is 0 Å². The summed E-state index contributed by atoms with van der Waals surface area (Å²) in [7, 11) is 1.54. The van der Waals surface area contributed by atoms with Crippen LogP contribution in [0, 0.1) is 11.8 Å². The van der Waals surface area contributed by atoms with E-state index in [1.165, 1.54) is 6.07 Å². The minimum atomic E-state index is -0.0920. The van der Waals surface area contributed by atoms with Gasteiger partial charge in [-0.15, -0.1) is 0 Å². The van der Waals surface area contributed by atoms with Crippen LogP contribution in [-0.4, -0.2) is 22.4 Å². The summed E-state index contributed by atoms with van der Waals surface area (Å²) in [4.78, 5) is 0. The van der Waals surface area contributed by atoms with Gasteiger partial charge in [-0.25, -0.2) is 0 Å². The summed E-state index contributed by atoms with van der Waals surface area (Å²) in [5.41, 5.74) is 2.12. The fraction of sp³-hybridized carbons (Fsp3) is 0.368. The molecular weight excluding hydrogens is 292 g/mol. The van der Waals surface area contributed by atoms with Crippen LogP contribution in [0.4, 0.5) is 0 Å². The first-order chi connectivity index (χ1) is 10.9. The van der Waals surface area contributed by atoms with Crippen molar-refractivity contribution in [2.24, 2.45) is 11.8 Å². The van der Waals surface area contributed by atoms with E-state index in [0.717, 1.165) is 24.0 Å². The molecule has 4 heteroatoms. The van der Waals surface area contributed by atoms with Crippen LogP contribution in [0.1, 0.15) is 25.0 Å². The van der Waals surface area contributed by atoms with E-state index in [9.17, 15) is 15.3 Å². The van der Waals surface area contributed by atoms with Crippen molar-refractivity contribution in [3.8, 4) is 23.0 Å². The molecule has 0 radical (unpaired) electrons. The maximum absolute atomic E-state index is 9.65. The average Bonchev–Trinajstić information content (AvgIpc) is 2.52. The molecule has 0 heterocycles. The highest BCUT2D eigenvalue weighted by Gasteiger charge is 2.15. The number of benzene rings is 2. The summed E-state index contributed by atoms with van der Waals surface area (Å²) in [5.74, 6) is 1.29. The maximum atomic E-state index is 9.65. The summed E-state index contributed by atoms with van der Waals surface area (Å²) in [5, 5.41) is 28.6. The molecule has 124 valence electrons. The number of ether oxygens (including phenoxy) is 1. The Labute approximate surface area is 137 Å². The Morgan fingerprint density at radius 3 is 1.83 bits per heavy atom. The zero-order chi connectivity index (χ0) is 17.0. The third-order valence-electron chi connectivity index (χ3n) is 4.37. The van der Waals surface area contributed by atoms with Crippen LogP contribution in [0.25, 0.3) is 0 Å². The number of phenolic OH excluding ortho intramolecular Hbond substituents is 3. The third kappa shape index (κ3) is 4.31. The molecule has 4 nitrogen and oxygen atoms in total. The van der Waals surface area contributed by atoms with Gasteiger partial charge in [-0.1, -0.05) is 26.0 Å². The molecular formula is C19H24O4. The molecule has 0 aromatic heterocycles. The third-order valence-corrected chi connectivity index (χ3v) is 4.37. The fourth-order valence-corrected chi connectivity index (χ4v) is 2.69. The summed E-state index contributed by atoms with van der Waals surface area (Å²) in [6.45, 7) is 4.36. The first-order valence-corrected chi connectivity index (χ1v) is 7.77. The molecule has 2 aromatic rings. The van der Waals surface area contributed by atoms with E-state index in [1.807, 2.05) is 18.2 Å². The minimum Gasteiger partial charge on any atom is -0.504 e. The molecule has 0 spiro atoms. The molecule has 3 N–H and O–H groups in total. The molecule has 0 aliphatic heterocycles. The van der Waals surface area contributed by atoms with Gasteiger partial charge in [0.2, 0.25) is 0 Å². The van der Waals surface area contributed by atoms with Crippen molar-refractivity contribution in [1.82, 2.24) is 0 Å². The lowest BCUT2D eigenvalue weighted by Crippen LogP contribution is -2.13. The fourth-order valence-electron chi connectivity index (χ4n) is 2.69. The largest absolute Gasteiger partial charge is 0.504 e. The molecule has 2 aromatic carbocycles. The van der Waals surface area contributed by atoms with Crippen molar-refractivity contribution in [2.45, 2.75) is 26.7 Å². The zero-order valence-corrected chi connectivity index (χ0v) is 13.8. The SMILES string of the molecule is COc1cc(C[C@@H](C)[C@H](C)Cc2ccc(O)c(O)c2)ccc1O. The van der Waals surface area contributed by atoms with Crippen molar-refractivity contribution in [3.63, 3.8) is 0 Å². The Hall–Kier alpha value is -2.36. The van der Waals surface area contributed by atoms with E-state index >= 15 is 0 Å². The first kappa shape index (κ1) is 17.0. The quantitative estimate of drug-likeness (QED) is 0.708. The normalized spacial score (nSPS) is 13.5. The Balaban J connectivity index is 2.01. The monoisotopic (exact) mass is 316 g/mol. The van der Waals surface area contributed by atoms with E-state index < -0.39 is 0 Å². The van der Waals surface area contributed by atoms with Crippen LogP contribution < -0.4 is 4.74 Å². The predicted molar refractivity (Wildman–Crippen MR) is 90.2 cm³/mol. The van der Waals surface area contributed by atoms with Crippen molar-refractivity contribution < 1.29 is 20.1 Å². The molecule has 0 amide bonds. The van der Waals surface area contributed by atoms with Gasteiger partial charge in [0.05, 0.1) is 7.11 Å². The van der Waals surface area contributed by atoms with Crippen LogP contribution in [0.5, 0.6) is 23.0 Å². The molecule has 0 aliphatic rings. The van der Waals surface area contributed by atoms with Crippen molar-refractivity contribution in [3.05, 3.63) is 47.5 Å². The molecule has 2 rings (SSSR count). The van der Waals surface area contributed by atoms with Crippen molar-refractivity contribution >= 4 is 0 Å². The maximum Gasteiger partial charge on any atom is 0.160 e. The standard InChI is InChI=1S/C19H24O4/c1-12(8-14-4-6-16(20)18(22)10-14)13(2)9-15-5-7-17(21)19(11-15)23-3/h4-7,10-13,20-22H,8-9H2,1-3H3/t12-,13-/m1/s1. The average molecular weight is 316 g/mol. The minimum absolute atomic E-state index is 0.0781. The Bertz CT molecular complexity index is 666. The van der Waals surface area contributed by atoms with Crippen molar-refractivity contribution in [2.75, 3.05) is 7.11 Å². The summed E-state index contributed by atoms with van der Waals surface area (Å²) in [6.07, 6.45) is 1.70. The smallest absolute Gasteiger partial charge is 0.160 e. The molecule has 0 aliphatic carbocycles. The lowest BCUT2D eigenvalue weighted by molar-refractivity contribution is 0.367. The van der Waals surface area contributed by atoms with Gasteiger partial charge in [-0.3, -0.25) is 0 Å². The number of hydrogen-bond acceptors (Lipinski definition) is 4. The molecule has 2 atom stereocenters. The van der Waals surface area contributed by atoms with Gasteiger partial charge in [0.15, 0.2) is 23.0 Å². The van der Waals surface area contributed by atoms with E-state index in [0.29, 0.717) is 17.6 Å². The van der Waals surface area contributed by atoms with Crippen LogP contribution in [-0.2, 0) is 12.8 Å². The van der Waals surface area contributed by atoms with E-state index in [1.54, 1.807) is 19.2 Å². The number of aromatic hydroxyl groups is 3. The number of phenols is 3. The number of hydrogen-bond donors (Lipinski definition) is 3. The summed E-state index contributed by atoms with van der Waals surface area (Å²) < 4.78 is 5.15. The Kier molecular flexibility index (Phi) is 5.37. The Morgan fingerprint density at radius 1 is 0.783 bits per heavy atom. The summed E-state index contributed by atoms with van der Waals surface area (Å²) in [6, 6.07) is 10.4. The second-order valence-electron chi connectivity index (χ2n) is 6.19. The lowest BCUT2D eigenvalue weighted by Gasteiger charge is -2.20. The molecule has 0 saturated heterocycles. The molecule has 0 bridgehead atoms. The van der Waals surface area contributed by atoms with Crippen LogP contribution in [0.2, 0.25) is 0 Å². The topological polar surface area (TPSA) is 69.9 Å². The van der Waals surface area contributed by atoms with Crippen LogP contribution in [0.15, 0.2) is 36.4 Å². The first-order valence-electron chi connectivity index (χ1n) is 7.77. The Morgan fingerprint density at radius 2 is 1.30 bits per heavy atom. The van der Waals surface area contributed by atoms with Gasteiger partial charge in [0.1, 0.15) is 0 Å². The lowest BCUT2D eigenvalue weighted by atomic mass is 9.85. The predicted octanol–water partition coefficient (Wildman–Crippen LogP) is 3.87. The summed E-state index contributed by atoms with van der Waals surface area (Å²) >= 11 is 0. The van der Waals surface area contributed by atoms with Crippen LogP contribution in [0.3, 0.4) is 0 Å². The van der Waals surface area contributed by atoms with Gasteiger partial charge < -0.3 is 20.1 Å². The molecule has 0 saturated carbocycles. The van der Waals surface area contributed by atoms with Crippen LogP contribution >= 0.6 is 0 Å². The number of rotatable bonds is 6. The second-order valence-corrected chi connectivity index (χ2v) is 6.19. The highest BCUT2D eigenvalue weighted by atomic mass is 16.5. The van der Waals surface area contributed by atoms with E-state index in [4.69, 9.17) is 4.74 Å². The highest BCUT2D eigenvalue weighted by Crippen LogP contribution is 2.30. The highest BCUT2D eigenvalue weighted by molar-refractivity contribution is 5.42. The van der Waals surface area contributed by atoms with Gasteiger partial charge in [-0.2, -0.15) is 0 Å². The molecule has 0 unspecified atom stereocenters. The van der Waals surface area contributed by atoms with Gasteiger partial charge in [-0.05, 0) is 60.1 Å². The molecule has 23 heavy (non-hydrogen) atoms. The van der Waals surface area contributed by atoms with E-state index in [2.05, 4.69) is 13.8 Å². The van der Waals surface area contributed by atoms with E-state index in [-0.39, 0.29) is 17.2 Å². The number of methoxy groups -OCH3 is 1. The van der Waals surface area contributed by atoms with Gasteiger partial charge in [0, 0.05) is 0 Å². The zero-order valence-electron chi connectivity index (χ0n) is 13.8.